The molecule has 0 N–H and O–H groups in total. The Labute approximate surface area is 318 Å². The standard InChI is InChI=1S/C53H33NO/c1-3-14-34(15-4-1)47-33-48(38-30-31-41-40-18-11-12-25-49(40)55-50(41)32-38)54-53-39(23-13-24-46(47)53)35-26-28-37(29-27-35)52-44-21-9-7-19-42(44)51(36-16-5-2-6-17-36)43-20-8-10-22-45(43)52/h1-33H. The van der Waals surface area contributed by atoms with Crippen LogP contribution in [0.2, 0.25) is 0 Å². The Bertz CT molecular complexity index is 3180. The number of fused-ring (bicyclic) bond motifs is 6. The first-order chi connectivity index (χ1) is 27.3. The molecule has 2 aromatic heterocycles. The minimum absolute atomic E-state index is 0.864. The van der Waals surface area contributed by atoms with Gasteiger partial charge in [-0.15, -0.1) is 0 Å². The molecular formula is C53H33NO. The molecule has 0 saturated heterocycles. The normalized spacial score (nSPS) is 11.6. The number of furan rings is 1. The zero-order valence-electron chi connectivity index (χ0n) is 29.9. The zero-order valence-corrected chi connectivity index (χ0v) is 29.9. The molecule has 0 atom stereocenters. The first kappa shape index (κ1) is 31.3. The van der Waals surface area contributed by atoms with Gasteiger partial charge >= 0.3 is 0 Å². The van der Waals surface area contributed by atoms with Gasteiger partial charge in [-0.25, -0.2) is 4.98 Å². The maximum absolute atomic E-state index is 6.31. The predicted molar refractivity (Wildman–Crippen MR) is 231 cm³/mol. The number of benzene rings is 9. The van der Waals surface area contributed by atoms with Gasteiger partial charge in [0.2, 0.25) is 0 Å². The topological polar surface area (TPSA) is 26.0 Å². The molecule has 0 aliphatic rings. The molecule has 0 aliphatic carbocycles. The summed E-state index contributed by atoms with van der Waals surface area (Å²) in [6.07, 6.45) is 0. The third-order valence-corrected chi connectivity index (χ3v) is 11.1. The van der Waals surface area contributed by atoms with Crippen molar-refractivity contribution >= 4 is 54.4 Å². The first-order valence-electron chi connectivity index (χ1n) is 18.8. The van der Waals surface area contributed by atoms with E-state index in [9.17, 15) is 0 Å². The molecule has 0 unspecified atom stereocenters. The molecule has 11 rings (SSSR count). The Hall–Kier alpha value is -7.29. The number of nitrogens with zero attached hydrogens (tertiary/aromatic N) is 1. The van der Waals surface area contributed by atoms with Gasteiger partial charge in [0, 0.05) is 27.3 Å². The summed E-state index contributed by atoms with van der Waals surface area (Å²) in [4.78, 5) is 5.43. The van der Waals surface area contributed by atoms with Crippen LogP contribution in [0, 0.1) is 0 Å². The number of rotatable bonds is 5. The Kier molecular flexibility index (Phi) is 7.21. The van der Waals surface area contributed by atoms with Crippen molar-refractivity contribution in [3.63, 3.8) is 0 Å². The third-order valence-electron chi connectivity index (χ3n) is 11.1. The van der Waals surface area contributed by atoms with Crippen molar-refractivity contribution in [1.82, 2.24) is 4.98 Å². The van der Waals surface area contributed by atoms with E-state index in [1.54, 1.807) is 0 Å². The second-order valence-corrected chi connectivity index (χ2v) is 14.2. The average Bonchev–Trinajstić information content (AvgIpc) is 3.64. The van der Waals surface area contributed by atoms with Crippen LogP contribution in [0.4, 0.5) is 0 Å². The Morgan fingerprint density at radius 1 is 0.291 bits per heavy atom. The fraction of sp³-hybridized carbons (Fsp3) is 0. The fourth-order valence-corrected chi connectivity index (χ4v) is 8.54. The number of pyridine rings is 1. The lowest BCUT2D eigenvalue weighted by Gasteiger charge is -2.18. The Morgan fingerprint density at radius 2 is 0.764 bits per heavy atom. The molecular weight excluding hydrogens is 667 g/mol. The highest BCUT2D eigenvalue weighted by Crippen LogP contribution is 2.44. The van der Waals surface area contributed by atoms with Gasteiger partial charge < -0.3 is 4.42 Å². The van der Waals surface area contributed by atoms with Gasteiger partial charge in [-0.1, -0.05) is 176 Å². The minimum Gasteiger partial charge on any atom is -0.456 e. The maximum Gasteiger partial charge on any atom is 0.136 e. The maximum atomic E-state index is 6.31. The second kappa shape index (κ2) is 12.7. The van der Waals surface area contributed by atoms with Crippen molar-refractivity contribution in [2.24, 2.45) is 0 Å². The van der Waals surface area contributed by atoms with Crippen molar-refractivity contribution < 1.29 is 4.42 Å². The first-order valence-corrected chi connectivity index (χ1v) is 18.8. The summed E-state index contributed by atoms with van der Waals surface area (Å²) >= 11 is 0. The molecule has 0 aliphatic heterocycles. The highest BCUT2D eigenvalue weighted by atomic mass is 16.3. The molecule has 11 aromatic rings. The third kappa shape index (κ3) is 5.15. The molecule has 2 nitrogen and oxygen atoms in total. The monoisotopic (exact) mass is 699 g/mol. The fourth-order valence-electron chi connectivity index (χ4n) is 8.54. The van der Waals surface area contributed by atoms with E-state index >= 15 is 0 Å². The van der Waals surface area contributed by atoms with E-state index in [0.717, 1.165) is 66.4 Å². The molecule has 256 valence electrons. The number of para-hydroxylation sites is 2. The molecule has 2 heteroatoms. The predicted octanol–water partition coefficient (Wildman–Crippen LogP) is 14.8. The van der Waals surface area contributed by atoms with E-state index in [0.29, 0.717) is 0 Å². The summed E-state index contributed by atoms with van der Waals surface area (Å²) in [5, 5.41) is 8.36. The van der Waals surface area contributed by atoms with E-state index in [1.807, 2.05) is 12.1 Å². The van der Waals surface area contributed by atoms with E-state index in [2.05, 4.69) is 188 Å². The van der Waals surface area contributed by atoms with Crippen molar-refractivity contribution in [2.75, 3.05) is 0 Å². The van der Waals surface area contributed by atoms with E-state index in [4.69, 9.17) is 9.40 Å². The SMILES string of the molecule is c1ccc(-c2c3ccccc3c(-c3ccc(-c4cccc5c(-c6ccccc6)cc(-c6ccc7c(c6)oc6ccccc67)nc45)cc3)c3ccccc23)cc1. The Balaban J connectivity index is 1.09. The molecule has 0 radical (unpaired) electrons. The molecule has 0 fully saturated rings. The molecule has 0 saturated carbocycles. The van der Waals surface area contributed by atoms with Crippen LogP contribution < -0.4 is 0 Å². The van der Waals surface area contributed by atoms with Crippen molar-refractivity contribution in [2.45, 2.75) is 0 Å². The van der Waals surface area contributed by atoms with Crippen LogP contribution in [0.5, 0.6) is 0 Å². The summed E-state index contributed by atoms with van der Waals surface area (Å²) in [5.74, 6) is 0. The molecule has 0 amide bonds. The number of aromatic nitrogens is 1. The minimum atomic E-state index is 0.864. The summed E-state index contributed by atoms with van der Waals surface area (Å²) in [7, 11) is 0. The summed E-state index contributed by atoms with van der Waals surface area (Å²) < 4.78 is 6.31. The van der Waals surface area contributed by atoms with Gasteiger partial charge in [-0.2, -0.15) is 0 Å². The quantitative estimate of drug-likeness (QED) is 0.167. The summed E-state index contributed by atoms with van der Waals surface area (Å²) in [5.41, 5.74) is 14.1. The highest BCUT2D eigenvalue weighted by molar-refractivity contribution is 6.21. The number of hydrogen-bond donors (Lipinski definition) is 0. The zero-order chi connectivity index (χ0) is 36.3. The van der Waals surface area contributed by atoms with Crippen molar-refractivity contribution in [1.29, 1.82) is 0 Å². The van der Waals surface area contributed by atoms with E-state index in [-0.39, 0.29) is 0 Å². The van der Waals surface area contributed by atoms with Crippen LogP contribution in [-0.2, 0) is 0 Å². The van der Waals surface area contributed by atoms with Crippen LogP contribution in [0.25, 0.3) is 110 Å². The van der Waals surface area contributed by atoms with E-state index in [1.165, 1.54) is 43.8 Å². The second-order valence-electron chi connectivity index (χ2n) is 14.2. The van der Waals surface area contributed by atoms with Crippen LogP contribution >= 0.6 is 0 Å². The van der Waals surface area contributed by atoms with Gasteiger partial charge in [-0.05, 0) is 84.8 Å². The number of hydrogen-bond acceptors (Lipinski definition) is 2. The summed E-state index contributed by atoms with van der Waals surface area (Å²) in [6.45, 7) is 0. The molecule has 2 heterocycles. The van der Waals surface area contributed by atoms with Gasteiger partial charge in [0.15, 0.2) is 0 Å². The Morgan fingerprint density at radius 3 is 1.42 bits per heavy atom. The van der Waals surface area contributed by atoms with Crippen LogP contribution in [0.1, 0.15) is 0 Å². The molecule has 9 aromatic carbocycles. The van der Waals surface area contributed by atoms with E-state index < -0.39 is 0 Å². The molecule has 0 bridgehead atoms. The molecule has 55 heavy (non-hydrogen) atoms. The van der Waals surface area contributed by atoms with Gasteiger partial charge in [-0.3, -0.25) is 0 Å². The van der Waals surface area contributed by atoms with Gasteiger partial charge in [0.25, 0.3) is 0 Å². The van der Waals surface area contributed by atoms with Crippen molar-refractivity contribution in [3.8, 4) is 55.8 Å². The average molecular weight is 700 g/mol. The smallest absolute Gasteiger partial charge is 0.136 e. The lowest BCUT2D eigenvalue weighted by molar-refractivity contribution is 0.669. The summed E-state index contributed by atoms with van der Waals surface area (Å²) in [6, 6.07) is 71.6. The lowest BCUT2D eigenvalue weighted by atomic mass is 9.85. The van der Waals surface area contributed by atoms with Gasteiger partial charge in [0.1, 0.15) is 11.2 Å². The molecule has 0 spiro atoms. The largest absolute Gasteiger partial charge is 0.456 e. The van der Waals surface area contributed by atoms with Crippen molar-refractivity contribution in [3.05, 3.63) is 200 Å². The van der Waals surface area contributed by atoms with Crippen LogP contribution in [0.3, 0.4) is 0 Å². The van der Waals surface area contributed by atoms with Crippen LogP contribution in [-0.4, -0.2) is 4.98 Å². The highest BCUT2D eigenvalue weighted by Gasteiger charge is 2.18. The van der Waals surface area contributed by atoms with Crippen LogP contribution in [0.15, 0.2) is 205 Å². The lowest BCUT2D eigenvalue weighted by Crippen LogP contribution is -1.93. The van der Waals surface area contributed by atoms with Gasteiger partial charge in [0.05, 0.1) is 11.2 Å².